The molecule has 1 aromatic rings. The second-order valence-electron chi connectivity index (χ2n) is 7.44. The molecule has 0 aliphatic carbocycles. The molecule has 0 radical (unpaired) electrons. The van der Waals surface area contributed by atoms with Gasteiger partial charge in [0.1, 0.15) is 5.60 Å². The Labute approximate surface area is 151 Å². The fraction of sp³-hybridized carbons (Fsp3) is 0.588. The van der Waals surface area contributed by atoms with Gasteiger partial charge in [-0.3, -0.25) is 4.79 Å². The lowest BCUT2D eigenvalue weighted by Gasteiger charge is -2.30. The van der Waals surface area contributed by atoms with Crippen molar-refractivity contribution in [3.63, 3.8) is 0 Å². The molecule has 0 aromatic heterocycles. The van der Waals surface area contributed by atoms with E-state index in [1.165, 1.54) is 0 Å². The van der Waals surface area contributed by atoms with Gasteiger partial charge in [0.15, 0.2) is 9.84 Å². The van der Waals surface area contributed by atoms with Gasteiger partial charge in [-0.2, -0.15) is 13.2 Å². The molecule has 5 nitrogen and oxygen atoms in total. The topological polar surface area (TPSA) is 80.7 Å². The number of benzene rings is 1. The number of rotatable bonds is 5. The molecule has 0 aliphatic heterocycles. The smallest absolute Gasteiger partial charge is 0.416 e. The van der Waals surface area contributed by atoms with Crippen LogP contribution in [0.5, 0.6) is 0 Å². The summed E-state index contributed by atoms with van der Waals surface area (Å²) in [6, 6.07) is 3.26. The Morgan fingerprint density at radius 3 is 2.15 bits per heavy atom. The minimum atomic E-state index is -4.70. The SMILES string of the molecule is CC(C)(C)OC(=O)CC(O)C(C)(C)S(=O)(=O)c1cccc(C(F)(F)F)c1. The van der Waals surface area contributed by atoms with Crippen molar-refractivity contribution in [1.82, 2.24) is 0 Å². The first kappa shape index (κ1) is 22.4. The summed E-state index contributed by atoms with van der Waals surface area (Å²) < 4.78 is 67.2. The number of aliphatic hydroxyl groups is 1. The maximum absolute atomic E-state index is 12.8. The van der Waals surface area contributed by atoms with Gasteiger partial charge < -0.3 is 9.84 Å². The van der Waals surface area contributed by atoms with Crippen molar-refractivity contribution >= 4 is 15.8 Å². The minimum absolute atomic E-state index is 0.511. The Hall–Kier alpha value is -1.61. The normalized spacial score (nSPS) is 14.8. The highest BCUT2D eigenvalue weighted by atomic mass is 32.2. The van der Waals surface area contributed by atoms with E-state index in [4.69, 9.17) is 4.74 Å². The molecule has 1 unspecified atom stereocenters. The van der Waals surface area contributed by atoms with Crippen LogP contribution in [-0.2, 0) is 25.5 Å². The first-order valence-electron chi connectivity index (χ1n) is 7.80. The maximum Gasteiger partial charge on any atom is 0.416 e. The number of carbonyl (C=O) groups excluding carboxylic acids is 1. The van der Waals surface area contributed by atoms with E-state index >= 15 is 0 Å². The lowest BCUT2D eigenvalue weighted by molar-refractivity contribution is -0.157. The summed E-state index contributed by atoms with van der Waals surface area (Å²) in [6.07, 6.45) is -6.98. The van der Waals surface area contributed by atoms with Crippen molar-refractivity contribution in [2.45, 2.75) is 68.6 Å². The lowest BCUT2D eigenvalue weighted by atomic mass is 10.0. The zero-order valence-corrected chi connectivity index (χ0v) is 16.0. The number of hydrogen-bond donors (Lipinski definition) is 1. The third kappa shape index (κ3) is 5.20. The molecule has 9 heteroatoms. The van der Waals surface area contributed by atoms with Crippen LogP contribution in [0.2, 0.25) is 0 Å². The van der Waals surface area contributed by atoms with E-state index < -0.39 is 55.3 Å². The van der Waals surface area contributed by atoms with Gasteiger partial charge in [-0.15, -0.1) is 0 Å². The third-order valence-corrected chi connectivity index (χ3v) is 6.28. The van der Waals surface area contributed by atoms with Crippen LogP contribution in [0, 0.1) is 0 Å². The van der Waals surface area contributed by atoms with Crippen molar-refractivity contribution in [2.24, 2.45) is 0 Å². The van der Waals surface area contributed by atoms with Gasteiger partial charge >= 0.3 is 12.1 Å². The van der Waals surface area contributed by atoms with E-state index in [-0.39, 0.29) is 0 Å². The van der Waals surface area contributed by atoms with Gasteiger partial charge in [0.2, 0.25) is 0 Å². The van der Waals surface area contributed by atoms with Crippen LogP contribution in [-0.4, -0.2) is 35.9 Å². The number of alkyl halides is 3. The quantitative estimate of drug-likeness (QED) is 0.772. The van der Waals surface area contributed by atoms with Crippen LogP contribution in [0.4, 0.5) is 13.2 Å². The van der Waals surface area contributed by atoms with Crippen LogP contribution in [0.1, 0.15) is 46.6 Å². The molecular weight excluding hydrogens is 373 g/mol. The van der Waals surface area contributed by atoms with Gasteiger partial charge in [-0.25, -0.2) is 8.42 Å². The summed E-state index contributed by atoms with van der Waals surface area (Å²) in [6.45, 7) is 7.14. The molecule has 1 atom stereocenters. The number of aliphatic hydroxyl groups excluding tert-OH is 1. The number of sulfone groups is 1. The number of esters is 1. The van der Waals surface area contributed by atoms with E-state index in [2.05, 4.69) is 0 Å². The molecular formula is C17H23F3O5S. The van der Waals surface area contributed by atoms with Crippen LogP contribution in [0.3, 0.4) is 0 Å². The largest absolute Gasteiger partial charge is 0.460 e. The van der Waals surface area contributed by atoms with Crippen molar-refractivity contribution < 1.29 is 36.2 Å². The van der Waals surface area contributed by atoms with E-state index in [1.807, 2.05) is 0 Å². The second kappa shape index (κ2) is 7.19. The number of carbonyl (C=O) groups is 1. The molecule has 0 saturated carbocycles. The summed E-state index contributed by atoms with van der Waals surface area (Å²) in [5, 5.41) is 10.3. The van der Waals surface area contributed by atoms with Gasteiger partial charge in [-0.05, 0) is 52.8 Å². The van der Waals surface area contributed by atoms with Crippen LogP contribution in [0.15, 0.2) is 29.2 Å². The molecule has 1 aromatic carbocycles. The molecule has 1 N–H and O–H groups in total. The van der Waals surface area contributed by atoms with E-state index in [1.54, 1.807) is 20.8 Å². The predicted molar refractivity (Wildman–Crippen MR) is 89.2 cm³/mol. The molecule has 0 bridgehead atoms. The summed E-state index contributed by atoms with van der Waals surface area (Å²) in [5.41, 5.74) is -1.93. The minimum Gasteiger partial charge on any atom is -0.460 e. The van der Waals surface area contributed by atoms with Gasteiger partial charge in [0.05, 0.1) is 27.7 Å². The highest BCUT2D eigenvalue weighted by Gasteiger charge is 2.44. The fourth-order valence-corrected chi connectivity index (χ4v) is 3.70. The molecule has 1 rings (SSSR count). The van der Waals surface area contributed by atoms with Crippen LogP contribution < -0.4 is 0 Å². The number of halogens is 3. The van der Waals surface area contributed by atoms with Gasteiger partial charge in [0, 0.05) is 0 Å². The molecule has 0 heterocycles. The van der Waals surface area contributed by atoms with Crippen molar-refractivity contribution in [3.05, 3.63) is 29.8 Å². The Kier molecular flexibility index (Phi) is 6.20. The molecule has 26 heavy (non-hydrogen) atoms. The Morgan fingerprint density at radius 1 is 1.15 bits per heavy atom. The lowest BCUT2D eigenvalue weighted by Crippen LogP contribution is -2.45. The van der Waals surface area contributed by atoms with Crippen molar-refractivity contribution in [3.8, 4) is 0 Å². The number of ether oxygens (including phenoxy) is 1. The second-order valence-corrected chi connectivity index (χ2v) is 9.97. The van der Waals surface area contributed by atoms with E-state index in [0.717, 1.165) is 32.0 Å². The maximum atomic E-state index is 12.8. The fourth-order valence-electron chi connectivity index (χ4n) is 2.11. The summed E-state index contributed by atoms with van der Waals surface area (Å²) in [7, 11) is -4.37. The molecule has 0 saturated heterocycles. The van der Waals surface area contributed by atoms with E-state index in [0.29, 0.717) is 6.07 Å². The Bertz CT molecular complexity index is 761. The summed E-state index contributed by atoms with van der Waals surface area (Å²) in [4.78, 5) is 11.3. The molecule has 148 valence electrons. The molecule has 0 spiro atoms. The first-order chi connectivity index (χ1) is 11.5. The summed E-state index contributed by atoms with van der Waals surface area (Å²) >= 11 is 0. The number of hydrogen-bond acceptors (Lipinski definition) is 5. The van der Waals surface area contributed by atoms with Crippen LogP contribution in [0.25, 0.3) is 0 Å². The first-order valence-corrected chi connectivity index (χ1v) is 9.28. The Balaban J connectivity index is 3.15. The zero-order chi connectivity index (χ0) is 20.6. The monoisotopic (exact) mass is 396 g/mol. The van der Waals surface area contributed by atoms with Gasteiger partial charge in [-0.1, -0.05) is 6.07 Å². The van der Waals surface area contributed by atoms with Crippen LogP contribution >= 0.6 is 0 Å². The van der Waals surface area contributed by atoms with Crippen molar-refractivity contribution in [2.75, 3.05) is 0 Å². The van der Waals surface area contributed by atoms with Crippen molar-refractivity contribution in [1.29, 1.82) is 0 Å². The highest BCUT2D eigenvalue weighted by molar-refractivity contribution is 7.92. The molecule has 0 amide bonds. The average molecular weight is 396 g/mol. The molecule has 0 fully saturated rings. The summed E-state index contributed by atoms with van der Waals surface area (Å²) in [5.74, 6) is -0.808. The third-order valence-electron chi connectivity index (χ3n) is 3.75. The molecule has 0 aliphatic rings. The van der Waals surface area contributed by atoms with E-state index in [9.17, 15) is 31.5 Å². The average Bonchev–Trinajstić information content (AvgIpc) is 2.44. The Morgan fingerprint density at radius 2 is 1.69 bits per heavy atom. The standard InChI is InChI=1S/C17H23F3O5S/c1-15(2,3)25-14(22)10-13(21)16(4,5)26(23,24)12-8-6-7-11(9-12)17(18,19)20/h6-9,13,21H,10H2,1-5H3. The predicted octanol–water partition coefficient (Wildman–Crippen LogP) is 3.35. The highest BCUT2D eigenvalue weighted by Crippen LogP contribution is 2.34. The zero-order valence-electron chi connectivity index (χ0n) is 15.2. The van der Waals surface area contributed by atoms with Gasteiger partial charge in [0.25, 0.3) is 0 Å².